The van der Waals surface area contributed by atoms with Gasteiger partial charge in [0, 0.05) is 36.0 Å². The normalized spacial score (nSPS) is 43.8. The van der Waals surface area contributed by atoms with Crippen LogP contribution in [-0.4, -0.2) is 57.7 Å². The maximum Gasteiger partial charge on any atom is 0.198 e. The van der Waals surface area contributed by atoms with Crippen LogP contribution in [0.3, 0.4) is 0 Å². The summed E-state index contributed by atoms with van der Waals surface area (Å²) in [6.07, 6.45) is 1.41. The molecule has 1 saturated heterocycles. The number of nitrogens with zero attached hydrogens (tertiary/aromatic N) is 2. The van der Waals surface area contributed by atoms with Gasteiger partial charge in [0.15, 0.2) is 16.6 Å². The highest BCUT2D eigenvalue weighted by Gasteiger charge is 2.78. The van der Waals surface area contributed by atoms with Crippen LogP contribution in [0.2, 0.25) is 5.02 Å². The molecule has 4 fully saturated rings. The van der Waals surface area contributed by atoms with Gasteiger partial charge in [-0.05, 0) is 78.9 Å². The fraction of sp³-hybridized carbons (Fsp3) is 0.581. The molecule has 0 aromatic heterocycles. The van der Waals surface area contributed by atoms with Gasteiger partial charge in [0.25, 0.3) is 0 Å². The Balaban J connectivity index is 1.40. The van der Waals surface area contributed by atoms with Crippen molar-refractivity contribution in [3.63, 3.8) is 0 Å². The number of ketones is 1. The lowest BCUT2D eigenvalue weighted by Crippen LogP contribution is -2.69. The van der Waals surface area contributed by atoms with Crippen LogP contribution in [0.4, 0.5) is 8.78 Å². The molecule has 5 nitrogen and oxygen atoms in total. The SMILES string of the molecule is C[C@]12C=CC(=O)C=C1[C@@H](F)C[C@H]1[C@@H]3C[C@H]4CN(Cc5cccc(Cl)c5)C[C@@]4(C(=O)SCC#N)[C@@]3(C)C[C@H](O)[C@@]12F. The van der Waals surface area contributed by atoms with Crippen molar-refractivity contribution < 1.29 is 23.5 Å². The van der Waals surface area contributed by atoms with Gasteiger partial charge in [0.2, 0.25) is 0 Å². The summed E-state index contributed by atoms with van der Waals surface area (Å²) in [6, 6.07) is 9.65. The minimum Gasteiger partial charge on any atom is -0.390 e. The van der Waals surface area contributed by atoms with Crippen molar-refractivity contribution in [1.82, 2.24) is 4.90 Å². The molecule has 0 spiro atoms. The van der Waals surface area contributed by atoms with E-state index in [4.69, 9.17) is 11.6 Å². The number of carbonyl (C=O) groups excluding carboxylic acids is 2. The first-order chi connectivity index (χ1) is 18.9. The molecule has 9 heteroatoms. The van der Waals surface area contributed by atoms with E-state index in [1.54, 1.807) is 6.92 Å². The molecular formula is C31H33ClF2N2O3S. The summed E-state index contributed by atoms with van der Waals surface area (Å²) in [7, 11) is 0. The summed E-state index contributed by atoms with van der Waals surface area (Å²) < 4.78 is 33.4. The molecule has 1 N–H and O–H groups in total. The predicted molar refractivity (Wildman–Crippen MR) is 150 cm³/mol. The monoisotopic (exact) mass is 586 g/mol. The molecule has 212 valence electrons. The molecule has 3 saturated carbocycles. The molecule has 40 heavy (non-hydrogen) atoms. The molecule has 0 unspecified atom stereocenters. The number of alkyl halides is 2. The van der Waals surface area contributed by atoms with Crippen LogP contribution in [0.25, 0.3) is 0 Å². The van der Waals surface area contributed by atoms with Crippen LogP contribution in [-0.2, 0) is 16.1 Å². The number of allylic oxidation sites excluding steroid dienone is 4. The number of thioether (sulfide) groups is 1. The van der Waals surface area contributed by atoms with Crippen LogP contribution in [0.1, 0.15) is 38.7 Å². The standard InChI is InChI=1S/C31H33ClF2N2O3S/c1-28-7-6-21(37)12-24(28)25(33)13-23-22-11-19-16-36(15-18-4-3-5-20(32)10-18)17-30(19,27(39)40-9-8-35)29(22,2)14-26(38)31(23,28)34/h3-7,10,12,19,22-23,25-26,38H,9,11,13-17H2,1-2H3/t19-,22-,23-,25-,26-,28-,29-,30+,31-/m0/s1. The lowest BCUT2D eigenvalue weighted by molar-refractivity contribution is -0.210. The smallest absolute Gasteiger partial charge is 0.198 e. The van der Waals surface area contributed by atoms with E-state index in [-0.39, 0.29) is 46.9 Å². The zero-order valence-corrected chi connectivity index (χ0v) is 24.2. The summed E-state index contributed by atoms with van der Waals surface area (Å²) in [5.41, 5.74) is -4.22. The third-order valence-electron chi connectivity index (χ3n) is 11.2. The highest BCUT2D eigenvalue weighted by molar-refractivity contribution is 8.13. The van der Waals surface area contributed by atoms with Crippen molar-refractivity contribution in [1.29, 1.82) is 5.26 Å². The van der Waals surface area contributed by atoms with Gasteiger partial charge in [-0.15, -0.1) is 0 Å². The van der Waals surface area contributed by atoms with Crippen LogP contribution in [0.5, 0.6) is 0 Å². The van der Waals surface area contributed by atoms with Gasteiger partial charge < -0.3 is 5.11 Å². The first-order valence-electron chi connectivity index (χ1n) is 13.9. The fourth-order valence-corrected chi connectivity index (χ4v) is 10.6. The number of nitriles is 1. The van der Waals surface area contributed by atoms with E-state index in [2.05, 4.69) is 11.0 Å². The van der Waals surface area contributed by atoms with Gasteiger partial charge in [-0.3, -0.25) is 14.5 Å². The number of hydrogen-bond acceptors (Lipinski definition) is 6. The Morgan fingerprint density at radius 3 is 2.80 bits per heavy atom. The van der Waals surface area contributed by atoms with E-state index in [0.717, 1.165) is 17.3 Å². The minimum absolute atomic E-state index is 0.0129. The number of fused-ring (bicyclic) bond motifs is 7. The molecular weight excluding hydrogens is 554 g/mol. The lowest BCUT2D eigenvalue weighted by atomic mass is 9.43. The Kier molecular flexibility index (Phi) is 6.66. The first-order valence-corrected chi connectivity index (χ1v) is 15.2. The molecule has 1 aromatic rings. The van der Waals surface area contributed by atoms with E-state index < -0.39 is 40.1 Å². The number of benzene rings is 1. The Bertz CT molecular complexity index is 1380. The first kappa shape index (κ1) is 28.1. The van der Waals surface area contributed by atoms with Crippen molar-refractivity contribution in [2.24, 2.45) is 34.0 Å². The highest BCUT2D eigenvalue weighted by Crippen LogP contribution is 2.75. The van der Waals surface area contributed by atoms with Crippen LogP contribution >= 0.6 is 23.4 Å². The van der Waals surface area contributed by atoms with Crippen LogP contribution < -0.4 is 0 Å². The number of aliphatic hydroxyl groups is 1. The number of aliphatic hydroxyl groups excluding tert-OH is 1. The van der Waals surface area contributed by atoms with Crippen molar-refractivity contribution >= 4 is 34.3 Å². The van der Waals surface area contributed by atoms with Crippen molar-refractivity contribution in [3.8, 4) is 6.07 Å². The molecule has 5 aliphatic rings. The molecule has 9 atom stereocenters. The minimum atomic E-state index is -2.17. The van der Waals surface area contributed by atoms with Crippen molar-refractivity contribution in [2.75, 3.05) is 18.8 Å². The van der Waals surface area contributed by atoms with E-state index in [9.17, 15) is 20.0 Å². The molecule has 0 radical (unpaired) electrons. The average Bonchev–Trinajstić information content (AvgIpc) is 3.38. The number of rotatable bonds is 4. The molecule has 0 amide bonds. The van der Waals surface area contributed by atoms with Gasteiger partial charge in [-0.25, -0.2) is 8.78 Å². The molecule has 0 bridgehead atoms. The summed E-state index contributed by atoms with van der Waals surface area (Å²) in [5, 5.41) is 21.5. The molecule has 1 heterocycles. The quantitative estimate of drug-likeness (QED) is 0.504. The van der Waals surface area contributed by atoms with Gasteiger partial charge in [-0.1, -0.05) is 48.5 Å². The second-order valence-corrected chi connectivity index (χ2v) is 14.2. The average molecular weight is 587 g/mol. The van der Waals surface area contributed by atoms with Gasteiger partial charge in [0.05, 0.1) is 23.3 Å². The van der Waals surface area contributed by atoms with E-state index >= 15 is 8.78 Å². The van der Waals surface area contributed by atoms with Gasteiger partial charge in [-0.2, -0.15) is 5.26 Å². The predicted octanol–water partition coefficient (Wildman–Crippen LogP) is 5.47. The largest absolute Gasteiger partial charge is 0.390 e. The third kappa shape index (κ3) is 3.63. The number of hydrogen-bond donors (Lipinski definition) is 1. The summed E-state index contributed by atoms with van der Waals surface area (Å²) >= 11 is 7.22. The summed E-state index contributed by atoms with van der Waals surface area (Å²) in [6.45, 7) is 5.19. The number of carbonyl (C=O) groups is 2. The molecule has 6 rings (SSSR count). The highest BCUT2D eigenvalue weighted by atomic mass is 35.5. The Morgan fingerprint density at radius 2 is 2.08 bits per heavy atom. The number of halogens is 3. The van der Waals surface area contributed by atoms with E-state index in [1.165, 1.54) is 18.2 Å². The maximum atomic E-state index is 17.6. The molecule has 1 aliphatic heterocycles. The van der Waals surface area contributed by atoms with Gasteiger partial charge in [0.1, 0.15) is 6.17 Å². The molecule has 4 aliphatic carbocycles. The van der Waals surface area contributed by atoms with Crippen LogP contribution in [0.15, 0.2) is 48.1 Å². The van der Waals surface area contributed by atoms with Gasteiger partial charge >= 0.3 is 0 Å². The Hall–Kier alpha value is -2.05. The maximum absolute atomic E-state index is 17.6. The van der Waals surface area contributed by atoms with Crippen molar-refractivity contribution in [3.05, 3.63) is 58.7 Å². The topological polar surface area (TPSA) is 81.4 Å². The van der Waals surface area contributed by atoms with Crippen LogP contribution in [0, 0.1) is 45.3 Å². The lowest BCUT2D eigenvalue weighted by Gasteiger charge is -2.63. The summed E-state index contributed by atoms with van der Waals surface area (Å²) in [5.74, 6) is -1.65. The molecule has 1 aromatic carbocycles. The second kappa shape index (κ2) is 9.49. The zero-order chi connectivity index (χ0) is 28.7. The fourth-order valence-electron chi connectivity index (χ4n) is 9.45. The second-order valence-electron chi connectivity index (χ2n) is 12.8. The number of likely N-dealkylation sites (tertiary alicyclic amines) is 1. The van der Waals surface area contributed by atoms with E-state index in [1.807, 2.05) is 31.2 Å². The Labute approximate surface area is 242 Å². The zero-order valence-electron chi connectivity index (χ0n) is 22.6. The third-order valence-corrected chi connectivity index (χ3v) is 12.3. The Morgan fingerprint density at radius 1 is 1.30 bits per heavy atom. The van der Waals surface area contributed by atoms with E-state index in [0.29, 0.717) is 31.1 Å². The van der Waals surface area contributed by atoms with Crippen molar-refractivity contribution in [2.45, 2.75) is 57.6 Å². The summed E-state index contributed by atoms with van der Waals surface area (Å²) in [4.78, 5) is 28.5.